The molecule has 1 aromatic carbocycles. The first-order chi connectivity index (χ1) is 7.72. The number of benzene rings is 1. The van der Waals surface area contributed by atoms with Gasteiger partial charge in [-0.25, -0.2) is 0 Å². The number of hydrogen-bond donors (Lipinski definition) is 0. The maximum absolute atomic E-state index is 2.43. The molecule has 0 heteroatoms. The fraction of sp³-hybridized carbons (Fsp3) is 0.625. The van der Waals surface area contributed by atoms with Crippen molar-refractivity contribution in [3.63, 3.8) is 0 Å². The van der Waals surface area contributed by atoms with E-state index in [0.717, 1.165) is 5.92 Å². The molecule has 0 nitrogen and oxygen atoms in total. The Morgan fingerprint density at radius 3 is 2.19 bits per heavy atom. The van der Waals surface area contributed by atoms with Crippen molar-refractivity contribution in [3.05, 3.63) is 35.4 Å². The molecule has 0 aromatic heterocycles. The molecule has 1 rings (SSSR count). The lowest BCUT2D eigenvalue weighted by molar-refractivity contribution is 0.633. The predicted molar refractivity (Wildman–Crippen MR) is 73.1 cm³/mol. The summed E-state index contributed by atoms with van der Waals surface area (Å²) in [6, 6.07) is 9.24. The van der Waals surface area contributed by atoms with Gasteiger partial charge < -0.3 is 0 Å². The lowest BCUT2D eigenvalue weighted by Gasteiger charge is -2.16. The molecule has 1 aromatic rings. The van der Waals surface area contributed by atoms with Crippen LogP contribution in [-0.4, -0.2) is 0 Å². The first-order valence-electron chi connectivity index (χ1n) is 6.82. The summed E-state index contributed by atoms with van der Waals surface area (Å²) >= 11 is 0. The fourth-order valence-corrected chi connectivity index (χ4v) is 2.48. The molecule has 1 unspecified atom stereocenters. The highest BCUT2D eigenvalue weighted by atomic mass is 14.1. The van der Waals surface area contributed by atoms with E-state index >= 15 is 0 Å². The van der Waals surface area contributed by atoms with Crippen LogP contribution in [0.3, 0.4) is 0 Å². The minimum Gasteiger partial charge on any atom is -0.0654 e. The van der Waals surface area contributed by atoms with Crippen LogP contribution in [0, 0.1) is 0 Å². The molecule has 90 valence electrons. The highest BCUT2D eigenvalue weighted by Crippen LogP contribution is 2.27. The van der Waals surface area contributed by atoms with Crippen molar-refractivity contribution in [3.8, 4) is 0 Å². The normalized spacial score (nSPS) is 13.1. The van der Waals surface area contributed by atoms with Gasteiger partial charge in [-0.3, -0.25) is 0 Å². The van der Waals surface area contributed by atoms with Crippen LogP contribution in [-0.2, 0) is 0 Å². The lowest BCUT2D eigenvalue weighted by atomic mass is 9.89. The molecule has 0 aliphatic rings. The van der Waals surface area contributed by atoms with Gasteiger partial charge in [0, 0.05) is 0 Å². The van der Waals surface area contributed by atoms with Gasteiger partial charge in [0.05, 0.1) is 0 Å². The van der Waals surface area contributed by atoms with Gasteiger partial charge in [0.1, 0.15) is 0 Å². The van der Waals surface area contributed by atoms with Crippen LogP contribution >= 0.6 is 0 Å². The maximum Gasteiger partial charge on any atom is -0.0167 e. The van der Waals surface area contributed by atoms with Crippen molar-refractivity contribution in [2.24, 2.45) is 0 Å². The monoisotopic (exact) mass is 218 g/mol. The zero-order valence-electron chi connectivity index (χ0n) is 11.3. The molecule has 0 saturated carbocycles. The van der Waals surface area contributed by atoms with Gasteiger partial charge in [-0.1, -0.05) is 58.4 Å². The van der Waals surface area contributed by atoms with Crippen molar-refractivity contribution >= 4 is 0 Å². The van der Waals surface area contributed by atoms with Crippen LogP contribution in [0.4, 0.5) is 0 Å². The van der Waals surface area contributed by atoms with E-state index in [2.05, 4.69) is 52.0 Å². The second-order valence-corrected chi connectivity index (χ2v) is 4.87. The van der Waals surface area contributed by atoms with Gasteiger partial charge >= 0.3 is 0 Å². The molecule has 16 heavy (non-hydrogen) atoms. The van der Waals surface area contributed by atoms with Crippen molar-refractivity contribution < 1.29 is 0 Å². The Labute approximate surface area is 101 Å². The average molecular weight is 218 g/mol. The summed E-state index contributed by atoms with van der Waals surface area (Å²) in [5.74, 6) is 1.45. The molecule has 0 radical (unpaired) electrons. The molecule has 0 amide bonds. The third-order valence-electron chi connectivity index (χ3n) is 3.66. The average Bonchev–Trinajstić information content (AvgIpc) is 2.31. The van der Waals surface area contributed by atoms with Crippen LogP contribution in [0.5, 0.6) is 0 Å². The van der Waals surface area contributed by atoms with E-state index in [1.807, 2.05) is 0 Å². The second-order valence-electron chi connectivity index (χ2n) is 4.87. The van der Waals surface area contributed by atoms with Crippen LogP contribution in [0.1, 0.15) is 76.3 Å². The van der Waals surface area contributed by atoms with E-state index in [-0.39, 0.29) is 0 Å². The quantitative estimate of drug-likeness (QED) is 0.592. The summed E-state index contributed by atoms with van der Waals surface area (Å²) in [4.78, 5) is 0. The largest absolute Gasteiger partial charge is 0.0654 e. The SMILES string of the molecule is CCCC(C)c1cccc(C(CC)CC)c1. The Bertz CT molecular complexity index is 297. The van der Waals surface area contributed by atoms with Gasteiger partial charge in [0.15, 0.2) is 0 Å². The summed E-state index contributed by atoms with van der Waals surface area (Å²) in [5.41, 5.74) is 3.05. The minimum atomic E-state index is 0.708. The molecule has 0 heterocycles. The predicted octanol–water partition coefficient (Wildman–Crippen LogP) is 5.49. The zero-order valence-corrected chi connectivity index (χ0v) is 11.3. The zero-order chi connectivity index (χ0) is 12.0. The Balaban J connectivity index is 2.85. The summed E-state index contributed by atoms with van der Waals surface area (Å²) in [5, 5.41) is 0. The molecule has 0 N–H and O–H groups in total. The van der Waals surface area contributed by atoms with Crippen LogP contribution in [0.25, 0.3) is 0 Å². The molecule has 0 aliphatic carbocycles. The Kier molecular flexibility index (Phi) is 5.59. The summed E-state index contributed by atoms with van der Waals surface area (Å²) in [7, 11) is 0. The first kappa shape index (κ1) is 13.3. The van der Waals surface area contributed by atoms with Crippen LogP contribution in [0.15, 0.2) is 24.3 Å². The molecule has 0 spiro atoms. The molecule has 0 fully saturated rings. The van der Waals surface area contributed by atoms with E-state index in [0.29, 0.717) is 5.92 Å². The molecule has 0 saturated heterocycles. The van der Waals surface area contributed by atoms with Crippen molar-refractivity contribution in [1.29, 1.82) is 0 Å². The topological polar surface area (TPSA) is 0 Å². The molecule has 1 atom stereocenters. The van der Waals surface area contributed by atoms with E-state index < -0.39 is 0 Å². The third kappa shape index (κ3) is 3.37. The summed E-state index contributed by atoms with van der Waals surface area (Å²) in [6.45, 7) is 9.18. The molecular weight excluding hydrogens is 192 g/mol. The lowest BCUT2D eigenvalue weighted by Crippen LogP contribution is -1.99. The van der Waals surface area contributed by atoms with E-state index in [9.17, 15) is 0 Å². The summed E-state index contributed by atoms with van der Waals surface area (Å²) in [6.07, 6.45) is 5.08. The molecule has 0 bridgehead atoms. The standard InChI is InChI=1S/C16H26/c1-5-9-13(4)15-10-8-11-16(12-15)14(6-2)7-3/h8,10-14H,5-7,9H2,1-4H3. The molecular formula is C16H26. The van der Waals surface area contributed by atoms with E-state index in [1.54, 1.807) is 0 Å². The first-order valence-corrected chi connectivity index (χ1v) is 6.82. The fourth-order valence-electron chi connectivity index (χ4n) is 2.48. The second kappa shape index (κ2) is 6.73. The van der Waals surface area contributed by atoms with Gasteiger partial charge in [0.25, 0.3) is 0 Å². The highest BCUT2D eigenvalue weighted by Gasteiger charge is 2.09. The Morgan fingerprint density at radius 1 is 1.00 bits per heavy atom. The smallest absolute Gasteiger partial charge is 0.0167 e. The van der Waals surface area contributed by atoms with E-state index in [1.165, 1.54) is 36.8 Å². The van der Waals surface area contributed by atoms with Gasteiger partial charge in [-0.05, 0) is 42.2 Å². The third-order valence-corrected chi connectivity index (χ3v) is 3.66. The van der Waals surface area contributed by atoms with Crippen molar-refractivity contribution in [1.82, 2.24) is 0 Å². The number of rotatable bonds is 6. The van der Waals surface area contributed by atoms with Gasteiger partial charge in [-0.2, -0.15) is 0 Å². The Morgan fingerprint density at radius 2 is 1.62 bits per heavy atom. The number of hydrogen-bond acceptors (Lipinski definition) is 0. The van der Waals surface area contributed by atoms with Crippen LogP contribution < -0.4 is 0 Å². The molecule has 0 aliphatic heterocycles. The maximum atomic E-state index is 2.43. The van der Waals surface area contributed by atoms with Crippen molar-refractivity contribution in [2.75, 3.05) is 0 Å². The minimum absolute atomic E-state index is 0.708. The highest BCUT2D eigenvalue weighted by molar-refractivity contribution is 5.28. The van der Waals surface area contributed by atoms with Crippen LogP contribution in [0.2, 0.25) is 0 Å². The summed E-state index contributed by atoms with van der Waals surface area (Å²) < 4.78 is 0. The van der Waals surface area contributed by atoms with E-state index in [4.69, 9.17) is 0 Å². The van der Waals surface area contributed by atoms with Crippen molar-refractivity contribution in [2.45, 2.75) is 65.2 Å². The Hall–Kier alpha value is -0.780. The van der Waals surface area contributed by atoms with Gasteiger partial charge in [0.2, 0.25) is 0 Å². The van der Waals surface area contributed by atoms with Gasteiger partial charge in [-0.15, -0.1) is 0 Å².